The summed E-state index contributed by atoms with van der Waals surface area (Å²) in [5.41, 5.74) is -0.0654. The van der Waals surface area contributed by atoms with Crippen LogP contribution >= 0.6 is 23.8 Å². The Morgan fingerprint density at radius 3 is 2.50 bits per heavy atom. The molecule has 3 rings (SSSR count). The zero-order valence-electron chi connectivity index (χ0n) is 23.0. The number of benzene rings is 1. The number of aromatic nitrogens is 2. The van der Waals surface area contributed by atoms with Crippen molar-refractivity contribution in [2.24, 2.45) is 0 Å². The Morgan fingerprint density at radius 1 is 1.18 bits per heavy atom. The van der Waals surface area contributed by atoms with Gasteiger partial charge < -0.3 is 34.7 Å². The van der Waals surface area contributed by atoms with Crippen LogP contribution in [0.15, 0.2) is 30.6 Å². The molecule has 0 aliphatic carbocycles. The van der Waals surface area contributed by atoms with E-state index in [0.29, 0.717) is 22.7 Å². The lowest BCUT2D eigenvalue weighted by Gasteiger charge is -2.19. The fourth-order valence-corrected chi connectivity index (χ4v) is 4.50. The molecule has 0 unspecified atom stereocenters. The first-order chi connectivity index (χ1) is 18.8. The summed E-state index contributed by atoms with van der Waals surface area (Å²) in [6.45, 7) is 11.0. The quantitative estimate of drug-likeness (QED) is 0.132. The molecule has 14 heteroatoms. The molecule has 40 heavy (non-hydrogen) atoms. The Balaban J connectivity index is 1.62. The van der Waals surface area contributed by atoms with Gasteiger partial charge in [-0.05, 0) is 45.1 Å². The van der Waals surface area contributed by atoms with Gasteiger partial charge in [0, 0.05) is 58.7 Å². The highest BCUT2D eigenvalue weighted by atomic mass is 35.5. The number of thiocarbonyl (C=S) groups is 1. The molecule has 0 saturated heterocycles. The minimum absolute atomic E-state index is 0.0739. The molecule has 0 fully saturated rings. The lowest BCUT2D eigenvalue weighted by atomic mass is 10.2. The number of rotatable bonds is 11. The SMILES string of the molecule is C[Si](C)CCOCn1cc(Cl)c2c(Oc3c(F)cc(NC(=S)NCCNC(=O)OC(C)(C)C)cc3F)ccnc21. The average Bonchev–Trinajstić information content (AvgIpc) is 3.17. The van der Waals surface area contributed by atoms with Crippen molar-refractivity contribution in [3.63, 3.8) is 0 Å². The molecule has 1 radical (unpaired) electrons. The molecule has 217 valence electrons. The second kappa shape index (κ2) is 14.1. The fraction of sp³-hybridized carbons (Fsp3) is 0.423. The highest BCUT2D eigenvalue weighted by molar-refractivity contribution is 7.80. The number of alkyl carbamates (subject to hydrolysis) is 1. The zero-order chi connectivity index (χ0) is 29.4. The number of pyridine rings is 1. The third kappa shape index (κ3) is 9.29. The first kappa shape index (κ1) is 31.5. The molecule has 0 aliphatic heterocycles. The molecule has 3 aromatic rings. The van der Waals surface area contributed by atoms with E-state index >= 15 is 0 Å². The Morgan fingerprint density at radius 2 is 1.85 bits per heavy atom. The second-order valence-corrected chi connectivity index (χ2v) is 13.9. The molecule has 1 amide bonds. The zero-order valence-corrected chi connectivity index (χ0v) is 25.6. The highest BCUT2D eigenvalue weighted by Crippen LogP contribution is 2.37. The number of carbonyl (C=O) groups is 1. The van der Waals surface area contributed by atoms with Crippen LogP contribution in [-0.4, -0.2) is 54.9 Å². The van der Waals surface area contributed by atoms with Gasteiger partial charge in [-0.3, -0.25) is 0 Å². The van der Waals surface area contributed by atoms with Crippen molar-refractivity contribution >= 4 is 60.5 Å². The summed E-state index contributed by atoms with van der Waals surface area (Å²) in [6, 6.07) is 4.61. The number of nitrogens with zero attached hydrogens (tertiary/aromatic N) is 2. The summed E-state index contributed by atoms with van der Waals surface area (Å²) in [5, 5.41) is 8.95. The van der Waals surface area contributed by atoms with E-state index in [1.54, 1.807) is 31.5 Å². The maximum atomic E-state index is 15.0. The van der Waals surface area contributed by atoms with E-state index < -0.39 is 37.9 Å². The third-order valence-corrected chi connectivity index (χ3v) is 6.93. The van der Waals surface area contributed by atoms with Crippen LogP contribution in [0, 0.1) is 11.6 Å². The molecule has 2 heterocycles. The van der Waals surface area contributed by atoms with E-state index in [-0.39, 0.29) is 36.4 Å². The van der Waals surface area contributed by atoms with Gasteiger partial charge in [-0.15, -0.1) is 0 Å². The van der Waals surface area contributed by atoms with Crippen molar-refractivity contribution in [1.29, 1.82) is 0 Å². The van der Waals surface area contributed by atoms with E-state index in [2.05, 4.69) is 34.0 Å². The molecule has 3 N–H and O–H groups in total. The summed E-state index contributed by atoms with van der Waals surface area (Å²) >= 11 is 11.6. The maximum Gasteiger partial charge on any atom is 0.407 e. The highest BCUT2D eigenvalue weighted by Gasteiger charge is 2.19. The number of carbonyl (C=O) groups excluding carboxylic acids is 1. The number of nitrogens with one attached hydrogen (secondary N) is 3. The van der Waals surface area contributed by atoms with Crippen LogP contribution in [0.2, 0.25) is 24.2 Å². The van der Waals surface area contributed by atoms with Crippen molar-refractivity contribution in [1.82, 2.24) is 20.2 Å². The number of fused-ring (bicyclic) bond motifs is 1. The van der Waals surface area contributed by atoms with Crippen molar-refractivity contribution in [2.45, 2.75) is 52.2 Å². The molecule has 0 saturated carbocycles. The molecule has 1 aromatic carbocycles. The van der Waals surface area contributed by atoms with Gasteiger partial charge in [0.25, 0.3) is 0 Å². The van der Waals surface area contributed by atoms with E-state index in [4.69, 9.17) is 38.0 Å². The predicted molar refractivity (Wildman–Crippen MR) is 158 cm³/mol. The number of amides is 1. The van der Waals surface area contributed by atoms with E-state index in [1.807, 2.05) is 0 Å². The van der Waals surface area contributed by atoms with Crippen LogP contribution in [0.3, 0.4) is 0 Å². The number of hydrogen-bond acceptors (Lipinski definition) is 6. The van der Waals surface area contributed by atoms with Gasteiger partial charge >= 0.3 is 6.09 Å². The van der Waals surface area contributed by atoms with Crippen LogP contribution < -0.4 is 20.7 Å². The Hall–Kier alpha value is -3.00. The molecule has 0 atom stereocenters. The van der Waals surface area contributed by atoms with Crippen LogP contribution in [0.1, 0.15) is 20.8 Å². The average molecular weight is 613 g/mol. The minimum Gasteiger partial charge on any atom is -0.450 e. The summed E-state index contributed by atoms with van der Waals surface area (Å²) in [6.07, 6.45) is 2.55. The Labute approximate surface area is 244 Å². The standard InChI is InChI=1S/C26H33ClF2N5O4SSi/c1-26(2,3)38-25(35)32-9-8-31-24(39)33-16-12-18(28)22(19(29)13-16)37-20-6-7-30-23-21(20)17(27)14-34(23)15-36-10-11-40(4)5/h6-7,12-14H,8-11,15H2,1-5H3,(H,32,35)(H2,31,33,39). The summed E-state index contributed by atoms with van der Waals surface area (Å²) in [5.74, 6) is -2.34. The minimum atomic E-state index is -0.947. The lowest BCUT2D eigenvalue weighted by molar-refractivity contribution is 0.0529. The number of hydrogen-bond donors (Lipinski definition) is 3. The monoisotopic (exact) mass is 612 g/mol. The molecular weight excluding hydrogens is 580 g/mol. The number of anilines is 1. The van der Waals surface area contributed by atoms with Gasteiger partial charge in [0.15, 0.2) is 22.5 Å². The maximum absolute atomic E-state index is 15.0. The number of halogens is 3. The molecule has 2 aromatic heterocycles. The Bertz CT molecular complexity index is 1330. The van der Waals surface area contributed by atoms with Crippen molar-refractivity contribution in [3.05, 3.63) is 47.2 Å². The lowest BCUT2D eigenvalue weighted by Crippen LogP contribution is -2.39. The first-order valence-electron chi connectivity index (χ1n) is 12.5. The molecule has 0 bridgehead atoms. The largest absolute Gasteiger partial charge is 0.450 e. The number of ether oxygens (including phenoxy) is 3. The van der Waals surface area contributed by atoms with E-state index in [1.165, 1.54) is 12.3 Å². The van der Waals surface area contributed by atoms with Crippen molar-refractivity contribution in [2.75, 3.05) is 25.0 Å². The van der Waals surface area contributed by atoms with Gasteiger partial charge in [0.1, 0.15) is 23.7 Å². The smallest absolute Gasteiger partial charge is 0.407 e. The van der Waals surface area contributed by atoms with E-state index in [0.717, 1.165) is 18.2 Å². The van der Waals surface area contributed by atoms with Crippen molar-refractivity contribution < 1.29 is 27.8 Å². The third-order valence-electron chi connectivity index (χ3n) is 5.20. The van der Waals surface area contributed by atoms with E-state index in [9.17, 15) is 13.6 Å². The van der Waals surface area contributed by atoms with Gasteiger partial charge in [-0.1, -0.05) is 24.7 Å². The van der Waals surface area contributed by atoms with Crippen molar-refractivity contribution in [3.8, 4) is 11.5 Å². The van der Waals surface area contributed by atoms with Gasteiger partial charge in [0.05, 0.1) is 10.4 Å². The summed E-state index contributed by atoms with van der Waals surface area (Å²) in [4.78, 5) is 16.0. The van der Waals surface area contributed by atoms with Crippen LogP contribution in [0.25, 0.3) is 11.0 Å². The van der Waals surface area contributed by atoms with Gasteiger partial charge in [-0.2, -0.15) is 0 Å². The second-order valence-electron chi connectivity index (χ2n) is 10.1. The normalized spacial score (nSPS) is 11.5. The fourth-order valence-electron chi connectivity index (χ4n) is 3.43. The van der Waals surface area contributed by atoms with Crippen LogP contribution in [-0.2, 0) is 16.2 Å². The van der Waals surface area contributed by atoms with Gasteiger partial charge in [0.2, 0.25) is 0 Å². The Kier molecular flexibility index (Phi) is 11.1. The molecule has 9 nitrogen and oxygen atoms in total. The van der Waals surface area contributed by atoms with Gasteiger partial charge in [-0.25, -0.2) is 18.6 Å². The summed E-state index contributed by atoms with van der Waals surface area (Å²) < 4.78 is 48.1. The molecular formula is C26H33ClF2N5O4SSi. The summed E-state index contributed by atoms with van der Waals surface area (Å²) in [7, 11) is -0.397. The van der Waals surface area contributed by atoms with Crippen LogP contribution in [0.4, 0.5) is 19.3 Å². The predicted octanol–water partition coefficient (Wildman–Crippen LogP) is 6.30. The van der Waals surface area contributed by atoms with Crippen LogP contribution in [0.5, 0.6) is 11.5 Å². The molecule has 0 aliphatic rings. The topological polar surface area (TPSA) is 98.7 Å². The molecule has 0 spiro atoms. The first-order valence-corrected chi connectivity index (χ1v) is 16.0.